The van der Waals surface area contributed by atoms with Crippen LogP contribution < -0.4 is 4.90 Å². The van der Waals surface area contributed by atoms with E-state index in [1.807, 2.05) is 11.8 Å². The zero-order valence-electron chi connectivity index (χ0n) is 16.3. The van der Waals surface area contributed by atoms with Crippen LogP contribution in [0.2, 0.25) is 0 Å². The van der Waals surface area contributed by atoms with Gasteiger partial charge in [0, 0.05) is 49.2 Å². The Kier molecular flexibility index (Phi) is 5.46. The van der Waals surface area contributed by atoms with Gasteiger partial charge in [-0.1, -0.05) is 18.2 Å². The maximum absolute atomic E-state index is 14.6. The van der Waals surface area contributed by atoms with Gasteiger partial charge in [0.25, 0.3) is 0 Å². The molecule has 0 radical (unpaired) electrons. The SMILES string of the molecule is CC1CN(c2ccc(C(F)(F)F)cn2)CCN1C(c1cn[nH]c1)c1ccccc1F. The van der Waals surface area contributed by atoms with Crippen molar-refractivity contribution in [1.82, 2.24) is 20.1 Å². The van der Waals surface area contributed by atoms with Gasteiger partial charge in [-0.25, -0.2) is 9.37 Å². The standard InChI is InChI=1S/C21H21F4N5/c1-14-13-29(19-7-6-16(12-26-19)21(23,24)25)8-9-30(14)20(15-10-27-28-11-15)17-4-2-3-5-18(17)22/h2-7,10-12,14,20H,8-9,13H2,1H3,(H,27,28). The molecule has 2 unspecified atom stereocenters. The van der Waals surface area contributed by atoms with E-state index in [2.05, 4.69) is 20.1 Å². The average Bonchev–Trinajstić information content (AvgIpc) is 3.24. The number of rotatable bonds is 4. The summed E-state index contributed by atoms with van der Waals surface area (Å²) in [6.07, 6.45) is -0.101. The monoisotopic (exact) mass is 419 g/mol. The van der Waals surface area contributed by atoms with Gasteiger partial charge in [-0.15, -0.1) is 0 Å². The number of nitrogens with zero attached hydrogens (tertiary/aromatic N) is 4. The number of halogens is 4. The molecule has 158 valence electrons. The second-order valence-electron chi connectivity index (χ2n) is 7.39. The van der Waals surface area contributed by atoms with E-state index in [0.29, 0.717) is 31.0 Å². The van der Waals surface area contributed by atoms with E-state index in [-0.39, 0.29) is 17.9 Å². The van der Waals surface area contributed by atoms with Crippen molar-refractivity contribution >= 4 is 5.82 Å². The van der Waals surface area contributed by atoms with Gasteiger partial charge >= 0.3 is 6.18 Å². The van der Waals surface area contributed by atoms with Crippen LogP contribution in [-0.4, -0.2) is 45.8 Å². The summed E-state index contributed by atoms with van der Waals surface area (Å²) in [5, 5.41) is 6.82. The number of pyridine rings is 1. The summed E-state index contributed by atoms with van der Waals surface area (Å²) in [4.78, 5) is 8.15. The minimum Gasteiger partial charge on any atom is -0.354 e. The fraction of sp³-hybridized carbons (Fsp3) is 0.333. The third-order valence-corrected chi connectivity index (χ3v) is 5.44. The first-order valence-electron chi connectivity index (χ1n) is 9.61. The zero-order valence-corrected chi connectivity index (χ0v) is 16.3. The van der Waals surface area contributed by atoms with Crippen LogP contribution in [-0.2, 0) is 6.18 Å². The highest BCUT2D eigenvalue weighted by Gasteiger charge is 2.34. The first-order valence-corrected chi connectivity index (χ1v) is 9.61. The van der Waals surface area contributed by atoms with Gasteiger partial charge in [0.1, 0.15) is 11.6 Å². The number of hydrogen-bond acceptors (Lipinski definition) is 4. The molecular weight excluding hydrogens is 398 g/mol. The van der Waals surface area contributed by atoms with Crippen LogP contribution in [0.4, 0.5) is 23.4 Å². The number of nitrogens with one attached hydrogen (secondary N) is 1. The van der Waals surface area contributed by atoms with Gasteiger partial charge in [0.2, 0.25) is 0 Å². The van der Waals surface area contributed by atoms with Crippen LogP contribution in [0, 0.1) is 5.82 Å². The molecule has 1 aliphatic rings. The van der Waals surface area contributed by atoms with Gasteiger partial charge in [0.05, 0.1) is 17.8 Å². The molecule has 0 saturated carbocycles. The molecule has 3 aromatic rings. The summed E-state index contributed by atoms with van der Waals surface area (Å²) < 4.78 is 53.0. The lowest BCUT2D eigenvalue weighted by atomic mass is 9.96. The van der Waals surface area contributed by atoms with Crippen LogP contribution in [0.25, 0.3) is 0 Å². The van der Waals surface area contributed by atoms with Gasteiger partial charge in [-0.2, -0.15) is 18.3 Å². The molecule has 3 heterocycles. The Morgan fingerprint density at radius 2 is 1.90 bits per heavy atom. The molecule has 4 rings (SSSR count). The second-order valence-corrected chi connectivity index (χ2v) is 7.39. The average molecular weight is 419 g/mol. The quantitative estimate of drug-likeness (QED) is 0.642. The third kappa shape index (κ3) is 4.02. The Bertz CT molecular complexity index is 972. The molecule has 1 N–H and O–H groups in total. The van der Waals surface area contributed by atoms with Gasteiger partial charge in [0.15, 0.2) is 0 Å². The predicted octanol–water partition coefficient (Wildman–Crippen LogP) is 4.26. The first-order chi connectivity index (χ1) is 14.3. The van der Waals surface area contributed by atoms with Crippen molar-refractivity contribution in [2.75, 3.05) is 24.5 Å². The van der Waals surface area contributed by atoms with E-state index in [1.165, 1.54) is 12.1 Å². The molecule has 9 heteroatoms. The number of alkyl halides is 3. The summed E-state index contributed by atoms with van der Waals surface area (Å²) in [6, 6.07) is 8.80. The van der Waals surface area contributed by atoms with E-state index < -0.39 is 11.7 Å². The van der Waals surface area contributed by atoms with E-state index in [0.717, 1.165) is 17.8 Å². The Morgan fingerprint density at radius 1 is 1.10 bits per heavy atom. The van der Waals surface area contributed by atoms with Crippen molar-refractivity contribution in [3.63, 3.8) is 0 Å². The van der Waals surface area contributed by atoms with E-state index in [4.69, 9.17) is 0 Å². The second kappa shape index (κ2) is 8.06. The number of benzene rings is 1. The van der Waals surface area contributed by atoms with Gasteiger partial charge in [-0.3, -0.25) is 10.00 Å². The summed E-state index contributed by atoms with van der Waals surface area (Å²) in [5.74, 6) is 0.211. The van der Waals surface area contributed by atoms with Crippen molar-refractivity contribution in [1.29, 1.82) is 0 Å². The predicted molar refractivity (Wildman–Crippen MR) is 104 cm³/mol. The Balaban J connectivity index is 1.56. The highest BCUT2D eigenvalue weighted by atomic mass is 19.4. The topological polar surface area (TPSA) is 48.1 Å². The van der Waals surface area contributed by atoms with Crippen LogP contribution in [0.3, 0.4) is 0 Å². The number of H-pyrrole nitrogens is 1. The normalized spacial score (nSPS) is 19.1. The number of aromatic nitrogens is 3. The minimum absolute atomic E-state index is 0.00217. The van der Waals surface area contributed by atoms with Crippen molar-refractivity contribution in [3.8, 4) is 0 Å². The van der Waals surface area contributed by atoms with Crippen molar-refractivity contribution in [3.05, 3.63) is 77.5 Å². The molecule has 1 aromatic carbocycles. The minimum atomic E-state index is -4.41. The molecule has 0 amide bonds. The van der Waals surface area contributed by atoms with Crippen LogP contribution in [0.15, 0.2) is 55.0 Å². The van der Waals surface area contributed by atoms with Crippen molar-refractivity contribution < 1.29 is 17.6 Å². The molecule has 0 bridgehead atoms. The number of piperazine rings is 1. The fourth-order valence-electron chi connectivity index (χ4n) is 3.96. The zero-order chi connectivity index (χ0) is 21.3. The summed E-state index contributed by atoms with van der Waals surface area (Å²) in [5.41, 5.74) is 0.650. The largest absolute Gasteiger partial charge is 0.417 e. The summed E-state index contributed by atoms with van der Waals surface area (Å²) in [7, 11) is 0. The summed E-state index contributed by atoms with van der Waals surface area (Å²) >= 11 is 0. The third-order valence-electron chi connectivity index (χ3n) is 5.44. The van der Waals surface area contributed by atoms with Crippen LogP contribution in [0.1, 0.15) is 29.7 Å². The highest BCUT2D eigenvalue weighted by molar-refractivity contribution is 5.41. The van der Waals surface area contributed by atoms with Crippen LogP contribution in [0.5, 0.6) is 0 Å². The van der Waals surface area contributed by atoms with E-state index in [9.17, 15) is 17.6 Å². The van der Waals surface area contributed by atoms with Crippen molar-refractivity contribution in [2.45, 2.75) is 25.2 Å². The van der Waals surface area contributed by atoms with E-state index >= 15 is 0 Å². The lowest BCUT2D eigenvalue weighted by molar-refractivity contribution is -0.137. The number of aromatic amines is 1. The fourth-order valence-corrected chi connectivity index (χ4v) is 3.96. The van der Waals surface area contributed by atoms with E-state index in [1.54, 1.807) is 30.6 Å². The molecule has 1 aliphatic heterocycles. The molecule has 0 spiro atoms. The number of hydrogen-bond donors (Lipinski definition) is 1. The number of anilines is 1. The Morgan fingerprint density at radius 3 is 2.50 bits per heavy atom. The Labute approximate surface area is 171 Å². The van der Waals surface area contributed by atoms with Crippen molar-refractivity contribution in [2.24, 2.45) is 0 Å². The molecule has 0 aliphatic carbocycles. The molecule has 1 fully saturated rings. The van der Waals surface area contributed by atoms with Gasteiger partial charge < -0.3 is 4.90 Å². The Hall–Kier alpha value is -2.94. The maximum Gasteiger partial charge on any atom is 0.417 e. The molecule has 30 heavy (non-hydrogen) atoms. The molecular formula is C21H21F4N5. The molecule has 5 nitrogen and oxygen atoms in total. The molecule has 2 aromatic heterocycles. The highest BCUT2D eigenvalue weighted by Crippen LogP contribution is 2.34. The molecule has 1 saturated heterocycles. The summed E-state index contributed by atoms with van der Waals surface area (Å²) in [6.45, 7) is 3.73. The lowest BCUT2D eigenvalue weighted by Crippen LogP contribution is -2.53. The maximum atomic E-state index is 14.6. The lowest BCUT2D eigenvalue weighted by Gasteiger charge is -2.44. The van der Waals surface area contributed by atoms with Gasteiger partial charge in [-0.05, 0) is 25.1 Å². The smallest absolute Gasteiger partial charge is 0.354 e. The molecule has 2 atom stereocenters. The first kappa shape index (κ1) is 20.3. The van der Waals surface area contributed by atoms with Crippen LogP contribution >= 0.6 is 0 Å².